The summed E-state index contributed by atoms with van der Waals surface area (Å²) in [5.41, 5.74) is 0. The molecule has 0 unspecified atom stereocenters. The fraction of sp³-hybridized carbons (Fsp3) is 0. The van der Waals surface area contributed by atoms with Gasteiger partial charge in [-0.25, -0.2) is 0 Å². The molecule has 2 nitrogen and oxygen atoms in total. The van der Waals surface area contributed by atoms with E-state index in [1.165, 1.54) is 0 Å². The fourth-order valence-corrected chi connectivity index (χ4v) is 0. The maximum Gasteiger partial charge on any atom is 0.508 e. The van der Waals surface area contributed by atoms with Gasteiger partial charge in [0.2, 0.25) is 0 Å². The van der Waals surface area contributed by atoms with Crippen LogP contribution in [0.4, 0.5) is 4.20 Å². The monoisotopic (exact) mass is 105 g/mol. The van der Waals surface area contributed by atoms with Gasteiger partial charge in [0.05, 0.1) is 0 Å². The summed E-state index contributed by atoms with van der Waals surface area (Å²) < 4.78 is 26.7. The summed E-state index contributed by atoms with van der Waals surface area (Å²) >= 11 is 0. The van der Waals surface area contributed by atoms with Crippen molar-refractivity contribution in [2.24, 2.45) is 0 Å². The molecule has 0 rings (SSSR count). The molecule has 25 valence electrons. The molecule has 0 aliphatic rings. The Balaban J connectivity index is 0. The number of hydrogen-bond donors (Lipinski definition) is 0. The molecule has 0 heterocycles. The molecule has 0 bridgehead atoms. The summed E-state index contributed by atoms with van der Waals surface area (Å²) in [4.78, 5) is 0. The second-order valence-electron chi connectivity index (χ2n) is 0.213. The van der Waals surface area contributed by atoms with Gasteiger partial charge >= 0.3 is 7.99 Å². The van der Waals surface area contributed by atoms with Crippen LogP contribution in [0.15, 0.2) is 0 Å². The van der Waals surface area contributed by atoms with Gasteiger partial charge in [-0.1, -0.05) is 0 Å². The predicted octanol–water partition coefficient (Wildman–Crippen LogP) is 0.663. The van der Waals surface area contributed by atoms with Crippen LogP contribution in [0.5, 0.6) is 0 Å². The SMILES string of the molecule is O=P(=O)F.[Na]. The Hall–Kier alpha value is 0.830. The number of hydrogen-bond acceptors (Lipinski definition) is 2. The minimum absolute atomic E-state index is 0. The summed E-state index contributed by atoms with van der Waals surface area (Å²) in [6.07, 6.45) is 0. The Morgan fingerprint density at radius 3 is 1.40 bits per heavy atom. The molecule has 0 spiro atoms. The maximum atomic E-state index is 9.95. The van der Waals surface area contributed by atoms with Crippen molar-refractivity contribution in [1.82, 2.24) is 0 Å². The van der Waals surface area contributed by atoms with Crippen molar-refractivity contribution < 1.29 is 13.3 Å². The Morgan fingerprint density at radius 2 is 1.40 bits per heavy atom. The third kappa shape index (κ3) is 56.2. The van der Waals surface area contributed by atoms with E-state index in [1.54, 1.807) is 0 Å². The summed E-state index contributed by atoms with van der Waals surface area (Å²) in [6.45, 7) is 0. The third-order valence-electron chi connectivity index (χ3n) is 0. The average Bonchev–Trinajstić information content (AvgIpc) is 0.811. The molecule has 0 N–H and O–H groups in total. The van der Waals surface area contributed by atoms with Gasteiger partial charge in [0.1, 0.15) is 0 Å². The normalized spacial score (nSPS) is 5.00. The van der Waals surface area contributed by atoms with Crippen LogP contribution in [-0.2, 0) is 9.13 Å². The molecule has 0 atom stereocenters. The fourth-order valence-electron chi connectivity index (χ4n) is 0. The zero-order chi connectivity index (χ0) is 3.58. The molecule has 0 aliphatic carbocycles. The van der Waals surface area contributed by atoms with Gasteiger partial charge in [0.25, 0.3) is 0 Å². The molecule has 1 radical (unpaired) electrons. The van der Waals surface area contributed by atoms with Crippen molar-refractivity contribution in [2.75, 3.05) is 0 Å². The second-order valence-corrected chi connectivity index (χ2v) is 0.638. The van der Waals surface area contributed by atoms with E-state index in [4.69, 9.17) is 9.13 Å². The van der Waals surface area contributed by atoms with Crippen molar-refractivity contribution in [1.29, 1.82) is 0 Å². The first-order valence-corrected chi connectivity index (χ1v) is 1.60. The molecule has 0 aliphatic heterocycles. The average molecular weight is 105 g/mol. The van der Waals surface area contributed by atoms with Crippen molar-refractivity contribution >= 4 is 37.5 Å². The zero-order valence-corrected chi connectivity index (χ0v) is 5.54. The topological polar surface area (TPSA) is 34.1 Å². The van der Waals surface area contributed by atoms with Gasteiger partial charge < -0.3 is 0 Å². The van der Waals surface area contributed by atoms with Crippen LogP contribution in [0.1, 0.15) is 0 Å². The van der Waals surface area contributed by atoms with Crippen LogP contribution in [0, 0.1) is 0 Å². The van der Waals surface area contributed by atoms with Gasteiger partial charge in [0.15, 0.2) is 0 Å². The van der Waals surface area contributed by atoms with E-state index in [1.807, 2.05) is 0 Å². The van der Waals surface area contributed by atoms with Crippen LogP contribution in [0.3, 0.4) is 0 Å². The molecule has 0 fully saturated rings. The van der Waals surface area contributed by atoms with Crippen LogP contribution in [0.25, 0.3) is 0 Å². The van der Waals surface area contributed by atoms with Crippen LogP contribution in [-0.4, -0.2) is 29.6 Å². The van der Waals surface area contributed by atoms with E-state index in [2.05, 4.69) is 0 Å². The number of halogens is 1. The van der Waals surface area contributed by atoms with E-state index in [0.29, 0.717) is 0 Å². The van der Waals surface area contributed by atoms with Crippen molar-refractivity contribution in [3.63, 3.8) is 0 Å². The smallest absolute Gasteiger partial charge is 0.198 e. The molecule has 0 aromatic heterocycles. The van der Waals surface area contributed by atoms with Crippen LogP contribution < -0.4 is 0 Å². The second kappa shape index (κ2) is 4.83. The van der Waals surface area contributed by atoms with Gasteiger partial charge in [0, 0.05) is 29.6 Å². The van der Waals surface area contributed by atoms with E-state index in [0.717, 1.165) is 0 Å². The first-order chi connectivity index (χ1) is 1.73. The minimum atomic E-state index is -3.62. The predicted molar refractivity (Wildman–Crippen MR) is 15.2 cm³/mol. The molecule has 0 amide bonds. The van der Waals surface area contributed by atoms with Gasteiger partial charge in [-0.3, -0.25) is 0 Å². The first-order valence-electron chi connectivity index (χ1n) is 0.534. The molecular formula is FNaO2P. The molecule has 0 aromatic carbocycles. The molecule has 0 saturated heterocycles. The van der Waals surface area contributed by atoms with Gasteiger partial charge in [-0.15, -0.1) is 4.20 Å². The van der Waals surface area contributed by atoms with Gasteiger partial charge in [-0.2, -0.15) is 9.13 Å². The third-order valence-corrected chi connectivity index (χ3v) is 0. The van der Waals surface area contributed by atoms with E-state index >= 15 is 0 Å². The van der Waals surface area contributed by atoms with Crippen molar-refractivity contribution in [2.45, 2.75) is 0 Å². The quantitative estimate of drug-likeness (QED) is 0.335. The standard InChI is InChI=1S/FO2P.Na/c1-4(2)3;. The van der Waals surface area contributed by atoms with Crippen LogP contribution >= 0.6 is 7.99 Å². The molecule has 0 saturated carbocycles. The largest absolute Gasteiger partial charge is 0.508 e. The zero-order valence-electron chi connectivity index (χ0n) is 2.64. The summed E-state index contributed by atoms with van der Waals surface area (Å²) in [5.74, 6) is 0. The first kappa shape index (κ1) is 9.27. The van der Waals surface area contributed by atoms with Gasteiger partial charge in [-0.05, 0) is 0 Å². The Labute approximate surface area is 51.0 Å². The molecule has 5 heteroatoms. The van der Waals surface area contributed by atoms with E-state index in [9.17, 15) is 4.20 Å². The summed E-state index contributed by atoms with van der Waals surface area (Å²) in [7, 11) is -3.62. The Morgan fingerprint density at radius 1 is 1.40 bits per heavy atom. The van der Waals surface area contributed by atoms with E-state index in [-0.39, 0.29) is 29.6 Å². The Bertz CT molecular complexity index is 58.0. The van der Waals surface area contributed by atoms with Crippen molar-refractivity contribution in [3.05, 3.63) is 0 Å². The minimum Gasteiger partial charge on any atom is -0.198 e. The van der Waals surface area contributed by atoms with E-state index < -0.39 is 7.99 Å². The van der Waals surface area contributed by atoms with Crippen molar-refractivity contribution in [3.8, 4) is 0 Å². The number of rotatable bonds is 0. The molecular weight excluding hydrogens is 105 g/mol. The summed E-state index contributed by atoms with van der Waals surface area (Å²) in [6, 6.07) is 0. The summed E-state index contributed by atoms with van der Waals surface area (Å²) in [5, 5.41) is 0. The molecule has 0 aromatic rings. The van der Waals surface area contributed by atoms with Crippen LogP contribution in [0.2, 0.25) is 0 Å². The molecule has 5 heavy (non-hydrogen) atoms. The Kier molecular flexibility index (Phi) is 8.96. The maximum absolute atomic E-state index is 9.95.